The van der Waals surface area contributed by atoms with Gasteiger partial charge in [0.25, 0.3) is 0 Å². The van der Waals surface area contributed by atoms with Crippen molar-refractivity contribution in [2.75, 3.05) is 13.1 Å². The molecular formula is C14H22Cl2N2. The van der Waals surface area contributed by atoms with E-state index in [4.69, 9.17) is 23.2 Å². The van der Waals surface area contributed by atoms with E-state index in [1.165, 1.54) is 0 Å². The fraction of sp³-hybridized carbons (Fsp3) is 0.571. The van der Waals surface area contributed by atoms with Crippen LogP contribution in [0.25, 0.3) is 0 Å². The number of hydrogen-bond acceptors (Lipinski definition) is 2. The Morgan fingerprint density at radius 1 is 1.11 bits per heavy atom. The van der Waals surface area contributed by atoms with Gasteiger partial charge in [0.1, 0.15) is 0 Å². The number of halogens is 2. The van der Waals surface area contributed by atoms with Crippen molar-refractivity contribution in [3.8, 4) is 0 Å². The number of nitrogens with one attached hydrogen (secondary N) is 2. The molecule has 0 aliphatic heterocycles. The van der Waals surface area contributed by atoms with E-state index >= 15 is 0 Å². The second kappa shape index (κ2) is 8.00. The van der Waals surface area contributed by atoms with Crippen molar-refractivity contribution < 1.29 is 0 Å². The van der Waals surface area contributed by atoms with Gasteiger partial charge in [-0.2, -0.15) is 0 Å². The topological polar surface area (TPSA) is 24.1 Å². The van der Waals surface area contributed by atoms with E-state index in [9.17, 15) is 0 Å². The molecule has 2 nitrogen and oxygen atoms in total. The Labute approximate surface area is 120 Å². The van der Waals surface area contributed by atoms with Gasteiger partial charge in [-0.3, -0.25) is 0 Å². The SMILES string of the molecule is CC(C)CNCC(C)NCc1cccc(Cl)c1Cl. The van der Waals surface area contributed by atoms with Crippen LogP contribution in [0.3, 0.4) is 0 Å². The molecule has 4 heteroatoms. The molecule has 2 N–H and O–H groups in total. The lowest BCUT2D eigenvalue weighted by Crippen LogP contribution is -2.37. The van der Waals surface area contributed by atoms with Crippen LogP contribution in [0, 0.1) is 5.92 Å². The van der Waals surface area contributed by atoms with Crippen LogP contribution in [0.15, 0.2) is 18.2 Å². The highest BCUT2D eigenvalue weighted by atomic mass is 35.5. The normalized spacial score (nSPS) is 13.0. The van der Waals surface area contributed by atoms with Gasteiger partial charge in [-0.15, -0.1) is 0 Å². The summed E-state index contributed by atoms with van der Waals surface area (Å²) in [6.45, 7) is 9.31. The molecule has 0 saturated heterocycles. The molecule has 0 saturated carbocycles. The molecule has 0 spiro atoms. The van der Waals surface area contributed by atoms with Gasteiger partial charge < -0.3 is 10.6 Å². The van der Waals surface area contributed by atoms with Gasteiger partial charge in [0.05, 0.1) is 10.0 Å². The standard InChI is InChI=1S/C14H22Cl2N2/c1-10(2)7-17-8-11(3)18-9-12-5-4-6-13(15)14(12)16/h4-6,10-11,17-18H,7-9H2,1-3H3. The highest BCUT2D eigenvalue weighted by molar-refractivity contribution is 6.42. The van der Waals surface area contributed by atoms with Crippen molar-refractivity contribution in [2.45, 2.75) is 33.4 Å². The zero-order valence-corrected chi connectivity index (χ0v) is 12.8. The van der Waals surface area contributed by atoms with Gasteiger partial charge in [0, 0.05) is 19.1 Å². The summed E-state index contributed by atoms with van der Waals surface area (Å²) in [7, 11) is 0. The van der Waals surface area contributed by atoms with E-state index < -0.39 is 0 Å². The quantitative estimate of drug-likeness (QED) is 0.799. The molecule has 0 bridgehead atoms. The summed E-state index contributed by atoms with van der Waals surface area (Å²) in [5.41, 5.74) is 1.04. The average Bonchev–Trinajstić information content (AvgIpc) is 2.30. The maximum atomic E-state index is 6.14. The van der Waals surface area contributed by atoms with Gasteiger partial charge in [-0.25, -0.2) is 0 Å². The van der Waals surface area contributed by atoms with Crippen molar-refractivity contribution in [1.82, 2.24) is 10.6 Å². The molecule has 1 aromatic carbocycles. The number of benzene rings is 1. The molecule has 0 aromatic heterocycles. The molecule has 1 unspecified atom stereocenters. The first-order valence-electron chi connectivity index (χ1n) is 6.37. The second-order valence-corrected chi connectivity index (χ2v) is 5.83. The minimum atomic E-state index is 0.402. The Morgan fingerprint density at radius 2 is 1.83 bits per heavy atom. The summed E-state index contributed by atoms with van der Waals surface area (Å²) in [5, 5.41) is 8.12. The second-order valence-electron chi connectivity index (χ2n) is 5.05. The summed E-state index contributed by atoms with van der Waals surface area (Å²) in [6, 6.07) is 6.13. The number of rotatable bonds is 7. The molecule has 0 amide bonds. The van der Waals surface area contributed by atoms with Gasteiger partial charge in [0.15, 0.2) is 0 Å². The molecule has 0 radical (unpaired) electrons. The van der Waals surface area contributed by atoms with Crippen LogP contribution in [-0.4, -0.2) is 19.1 Å². The van der Waals surface area contributed by atoms with Crippen molar-refractivity contribution in [3.63, 3.8) is 0 Å². The molecule has 1 aromatic rings. The Hall–Kier alpha value is -0.280. The van der Waals surface area contributed by atoms with Crippen molar-refractivity contribution >= 4 is 23.2 Å². The zero-order chi connectivity index (χ0) is 13.5. The van der Waals surface area contributed by atoms with Crippen molar-refractivity contribution in [3.05, 3.63) is 33.8 Å². The highest BCUT2D eigenvalue weighted by Crippen LogP contribution is 2.25. The molecule has 1 atom stereocenters. The number of hydrogen-bond donors (Lipinski definition) is 2. The first-order chi connectivity index (χ1) is 8.50. The third-order valence-electron chi connectivity index (χ3n) is 2.68. The Morgan fingerprint density at radius 3 is 2.50 bits per heavy atom. The van der Waals surface area contributed by atoms with Crippen LogP contribution in [0.2, 0.25) is 10.0 Å². The van der Waals surface area contributed by atoms with E-state index in [-0.39, 0.29) is 0 Å². The summed E-state index contributed by atoms with van der Waals surface area (Å²) in [6.07, 6.45) is 0. The predicted octanol–water partition coefficient (Wildman–Crippen LogP) is 3.72. The lowest BCUT2D eigenvalue weighted by molar-refractivity contribution is 0.472. The van der Waals surface area contributed by atoms with Crippen LogP contribution in [0.5, 0.6) is 0 Å². The average molecular weight is 289 g/mol. The maximum absolute atomic E-state index is 6.14. The minimum Gasteiger partial charge on any atom is -0.315 e. The fourth-order valence-electron chi connectivity index (χ4n) is 1.63. The first kappa shape index (κ1) is 15.8. The van der Waals surface area contributed by atoms with Crippen LogP contribution < -0.4 is 10.6 Å². The Kier molecular flexibility index (Phi) is 7.02. The van der Waals surface area contributed by atoms with E-state index in [1.54, 1.807) is 6.07 Å². The fourth-order valence-corrected chi connectivity index (χ4v) is 2.02. The lowest BCUT2D eigenvalue weighted by Gasteiger charge is -2.16. The van der Waals surface area contributed by atoms with Crippen LogP contribution in [0.1, 0.15) is 26.3 Å². The van der Waals surface area contributed by atoms with E-state index in [1.807, 2.05) is 12.1 Å². The van der Waals surface area contributed by atoms with E-state index in [0.717, 1.165) is 25.2 Å². The molecule has 18 heavy (non-hydrogen) atoms. The molecule has 0 heterocycles. The largest absolute Gasteiger partial charge is 0.315 e. The smallest absolute Gasteiger partial charge is 0.0637 e. The van der Waals surface area contributed by atoms with Gasteiger partial charge in [0.2, 0.25) is 0 Å². The minimum absolute atomic E-state index is 0.402. The Balaban J connectivity index is 2.33. The van der Waals surface area contributed by atoms with Crippen LogP contribution >= 0.6 is 23.2 Å². The lowest BCUT2D eigenvalue weighted by atomic mass is 10.2. The van der Waals surface area contributed by atoms with Crippen LogP contribution in [-0.2, 0) is 6.54 Å². The van der Waals surface area contributed by atoms with Crippen molar-refractivity contribution in [2.24, 2.45) is 5.92 Å². The third kappa shape index (κ3) is 5.57. The van der Waals surface area contributed by atoms with Crippen molar-refractivity contribution in [1.29, 1.82) is 0 Å². The third-order valence-corrected chi connectivity index (χ3v) is 3.53. The zero-order valence-electron chi connectivity index (χ0n) is 11.3. The summed E-state index contributed by atoms with van der Waals surface area (Å²) in [5.74, 6) is 0.680. The molecule has 0 aliphatic rings. The Bertz CT molecular complexity index is 367. The van der Waals surface area contributed by atoms with Gasteiger partial charge in [-0.05, 0) is 31.0 Å². The van der Waals surface area contributed by atoms with Gasteiger partial charge >= 0.3 is 0 Å². The molecule has 1 rings (SSSR count). The monoisotopic (exact) mass is 288 g/mol. The molecule has 0 fully saturated rings. The van der Waals surface area contributed by atoms with Gasteiger partial charge in [-0.1, -0.05) is 49.2 Å². The van der Waals surface area contributed by atoms with Crippen LogP contribution in [0.4, 0.5) is 0 Å². The molecular weight excluding hydrogens is 267 g/mol. The van der Waals surface area contributed by atoms with E-state index in [2.05, 4.69) is 31.4 Å². The highest BCUT2D eigenvalue weighted by Gasteiger charge is 2.06. The summed E-state index contributed by atoms with van der Waals surface area (Å²) >= 11 is 12.1. The summed E-state index contributed by atoms with van der Waals surface area (Å²) in [4.78, 5) is 0. The first-order valence-corrected chi connectivity index (χ1v) is 7.13. The van der Waals surface area contributed by atoms with E-state index in [0.29, 0.717) is 22.0 Å². The predicted molar refractivity (Wildman–Crippen MR) is 80.5 cm³/mol. The summed E-state index contributed by atoms with van der Waals surface area (Å²) < 4.78 is 0. The maximum Gasteiger partial charge on any atom is 0.0637 e. The molecule has 102 valence electrons. The molecule has 0 aliphatic carbocycles.